The number of alkyl halides is 2. The van der Waals surface area contributed by atoms with Crippen molar-refractivity contribution in [3.63, 3.8) is 0 Å². The fourth-order valence-electron chi connectivity index (χ4n) is 3.85. The minimum absolute atomic E-state index is 0.0413. The summed E-state index contributed by atoms with van der Waals surface area (Å²) in [5.41, 5.74) is 1.02. The maximum Gasteiger partial charge on any atom is 0.296 e. The Labute approximate surface area is 176 Å². The lowest BCUT2D eigenvalue weighted by Crippen LogP contribution is -2.53. The number of amides is 1. The van der Waals surface area contributed by atoms with Gasteiger partial charge in [-0.05, 0) is 12.1 Å². The van der Waals surface area contributed by atoms with Gasteiger partial charge in [0.05, 0.1) is 30.3 Å². The molecular weight excluding hydrogens is 408 g/mol. The largest absolute Gasteiger partial charge is 0.378 e. The number of likely N-dealkylation sites (tertiary alicyclic amines) is 1. The van der Waals surface area contributed by atoms with Crippen LogP contribution in [0, 0.1) is 0 Å². The lowest BCUT2D eigenvalue weighted by Gasteiger charge is -2.37. The van der Waals surface area contributed by atoms with Gasteiger partial charge in [0.15, 0.2) is 5.82 Å². The quantitative estimate of drug-likeness (QED) is 0.598. The molecule has 2 aliphatic rings. The van der Waals surface area contributed by atoms with E-state index in [0.717, 1.165) is 6.41 Å². The van der Waals surface area contributed by atoms with Gasteiger partial charge in [-0.2, -0.15) is 9.97 Å². The van der Waals surface area contributed by atoms with Crippen LogP contribution in [0.5, 0.6) is 0 Å². The van der Waals surface area contributed by atoms with E-state index in [9.17, 15) is 13.6 Å². The number of rotatable bonds is 6. The van der Waals surface area contributed by atoms with E-state index in [4.69, 9.17) is 4.74 Å². The van der Waals surface area contributed by atoms with Crippen LogP contribution in [0.1, 0.15) is 12.2 Å². The van der Waals surface area contributed by atoms with Crippen LogP contribution in [-0.2, 0) is 9.53 Å². The van der Waals surface area contributed by atoms with Gasteiger partial charge in [0, 0.05) is 32.2 Å². The summed E-state index contributed by atoms with van der Waals surface area (Å²) in [7, 11) is 0. The summed E-state index contributed by atoms with van der Waals surface area (Å²) in [6.45, 7) is 3.43. The normalized spacial score (nSPS) is 17.3. The smallest absolute Gasteiger partial charge is 0.296 e. The van der Waals surface area contributed by atoms with Gasteiger partial charge < -0.3 is 19.9 Å². The Balaban J connectivity index is 1.59. The molecule has 9 nitrogen and oxygen atoms in total. The van der Waals surface area contributed by atoms with Gasteiger partial charge in [-0.15, -0.1) is 0 Å². The molecule has 0 radical (unpaired) electrons. The minimum Gasteiger partial charge on any atom is -0.378 e. The number of halogens is 2. The highest BCUT2D eigenvalue weighted by Gasteiger charge is 2.27. The third-order valence-corrected chi connectivity index (χ3v) is 5.42. The molecule has 4 heterocycles. The molecule has 0 aliphatic carbocycles. The zero-order valence-electron chi connectivity index (χ0n) is 16.6. The number of aromatic nitrogens is 4. The van der Waals surface area contributed by atoms with Gasteiger partial charge in [0.2, 0.25) is 12.4 Å². The highest BCUT2D eigenvalue weighted by Crippen LogP contribution is 2.29. The first-order valence-corrected chi connectivity index (χ1v) is 10.1. The van der Waals surface area contributed by atoms with E-state index in [1.54, 1.807) is 35.2 Å². The maximum atomic E-state index is 13.9. The predicted octanol–water partition coefficient (Wildman–Crippen LogP) is 1.84. The number of nitrogens with one attached hydrogen (secondary N) is 1. The fraction of sp³-hybridized carbons (Fsp3) is 0.400. The monoisotopic (exact) mass is 429 g/mol. The minimum atomic E-state index is -2.77. The number of fused-ring (bicyclic) bond motifs is 1. The topological polar surface area (TPSA) is 88.4 Å². The molecule has 31 heavy (non-hydrogen) atoms. The first-order valence-electron chi connectivity index (χ1n) is 10.1. The van der Waals surface area contributed by atoms with Crippen LogP contribution in [0.4, 0.5) is 20.5 Å². The number of carbonyl (C=O) groups is 1. The number of imidazole rings is 1. The Morgan fingerprint density at radius 1 is 1.13 bits per heavy atom. The van der Waals surface area contributed by atoms with Crippen molar-refractivity contribution in [1.29, 1.82) is 0 Å². The molecule has 1 N–H and O–H groups in total. The van der Waals surface area contributed by atoms with Gasteiger partial charge in [-0.1, -0.05) is 12.1 Å². The van der Waals surface area contributed by atoms with E-state index < -0.39 is 6.43 Å². The van der Waals surface area contributed by atoms with Crippen LogP contribution in [0.2, 0.25) is 0 Å². The molecule has 2 aromatic heterocycles. The molecule has 3 aromatic rings. The van der Waals surface area contributed by atoms with Crippen LogP contribution >= 0.6 is 0 Å². The van der Waals surface area contributed by atoms with Crippen molar-refractivity contribution in [2.45, 2.75) is 12.5 Å². The van der Waals surface area contributed by atoms with E-state index in [1.165, 1.54) is 4.57 Å². The molecule has 1 amide bonds. The SMILES string of the molecule is O=CN1CC(Nc2cc(-n3c(C(F)F)nc4ccccc43)nc(N3CCOCC3)n2)C1. The number of para-hydroxylation sites is 2. The number of ether oxygens (including phenoxy) is 1. The maximum absolute atomic E-state index is 13.9. The van der Waals surface area contributed by atoms with E-state index in [-0.39, 0.29) is 11.9 Å². The highest BCUT2D eigenvalue weighted by atomic mass is 19.3. The van der Waals surface area contributed by atoms with Gasteiger partial charge >= 0.3 is 0 Å². The zero-order chi connectivity index (χ0) is 21.4. The molecule has 2 fully saturated rings. The summed E-state index contributed by atoms with van der Waals surface area (Å²) in [4.78, 5) is 27.8. The van der Waals surface area contributed by atoms with Gasteiger partial charge in [-0.25, -0.2) is 13.8 Å². The summed E-state index contributed by atoms with van der Waals surface area (Å²) >= 11 is 0. The number of benzene rings is 1. The van der Waals surface area contributed by atoms with Crippen LogP contribution in [0.15, 0.2) is 30.3 Å². The van der Waals surface area contributed by atoms with Crippen molar-refractivity contribution in [2.75, 3.05) is 49.6 Å². The molecule has 162 valence electrons. The summed E-state index contributed by atoms with van der Waals surface area (Å²) in [5.74, 6) is 0.900. The van der Waals surface area contributed by atoms with E-state index in [2.05, 4.69) is 20.3 Å². The molecule has 2 saturated heterocycles. The van der Waals surface area contributed by atoms with Gasteiger partial charge in [0.1, 0.15) is 11.6 Å². The van der Waals surface area contributed by atoms with Crippen molar-refractivity contribution in [2.24, 2.45) is 0 Å². The van der Waals surface area contributed by atoms with Crippen LogP contribution in [-0.4, -0.2) is 76.3 Å². The molecule has 2 aliphatic heterocycles. The second kappa shape index (κ2) is 8.06. The van der Waals surface area contributed by atoms with Crippen LogP contribution < -0.4 is 10.2 Å². The van der Waals surface area contributed by atoms with Crippen LogP contribution in [0.3, 0.4) is 0 Å². The second-order valence-electron chi connectivity index (χ2n) is 7.51. The Kier molecular flexibility index (Phi) is 5.10. The number of hydrogen-bond acceptors (Lipinski definition) is 7. The van der Waals surface area contributed by atoms with Gasteiger partial charge in [-0.3, -0.25) is 9.36 Å². The standard InChI is InChI=1S/C20H21F2N7O2/c21-18(22)19-24-14-3-1-2-4-15(14)29(19)17-9-16(23-13-10-27(11-13)12-30)25-20(26-17)28-5-7-31-8-6-28/h1-4,9,12-13,18H,5-8,10-11H2,(H,23,25,26). The number of morpholine rings is 1. The van der Waals surface area contributed by atoms with Crippen molar-refractivity contribution in [3.8, 4) is 5.82 Å². The van der Waals surface area contributed by atoms with Crippen molar-refractivity contribution in [1.82, 2.24) is 24.4 Å². The molecular formula is C20H21F2N7O2. The summed E-state index contributed by atoms with van der Waals surface area (Å²) in [6, 6.07) is 8.67. The number of nitrogens with zero attached hydrogens (tertiary/aromatic N) is 6. The molecule has 0 saturated carbocycles. The third kappa shape index (κ3) is 3.76. The average molecular weight is 429 g/mol. The lowest BCUT2D eigenvalue weighted by molar-refractivity contribution is -0.121. The summed E-state index contributed by atoms with van der Waals surface area (Å²) in [5, 5.41) is 3.29. The van der Waals surface area contributed by atoms with Crippen molar-refractivity contribution >= 4 is 29.2 Å². The zero-order valence-corrected chi connectivity index (χ0v) is 16.6. The third-order valence-electron chi connectivity index (χ3n) is 5.42. The van der Waals surface area contributed by atoms with Crippen LogP contribution in [0.25, 0.3) is 16.9 Å². The van der Waals surface area contributed by atoms with Crippen molar-refractivity contribution in [3.05, 3.63) is 36.2 Å². The van der Waals surface area contributed by atoms with E-state index in [1.807, 2.05) is 4.90 Å². The number of carbonyl (C=O) groups excluding carboxylic acids is 1. The Bertz CT molecular complexity index is 1090. The molecule has 11 heteroatoms. The molecule has 0 atom stereocenters. The highest BCUT2D eigenvalue weighted by molar-refractivity contribution is 5.78. The van der Waals surface area contributed by atoms with E-state index >= 15 is 0 Å². The Morgan fingerprint density at radius 3 is 2.65 bits per heavy atom. The Hall–Kier alpha value is -3.34. The fourth-order valence-corrected chi connectivity index (χ4v) is 3.85. The summed E-state index contributed by atoms with van der Waals surface area (Å²) < 4.78 is 34.5. The first-order chi connectivity index (χ1) is 15.1. The summed E-state index contributed by atoms with van der Waals surface area (Å²) in [6.07, 6.45) is -1.96. The second-order valence-corrected chi connectivity index (χ2v) is 7.51. The van der Waals surface area contributed by atoms with Gasteiger partial charge in [0.25, 0.3) is 6.43 Å². The average Bonchev–Trinajstić information content (AvgIpc) is 3.16. The first kappa shape index (κ1) is 19.6. The lowest BCUT2D eigenvalue weighted by atomic mass is 10.1. The molecule has 0 unspecified atom stereocenters. The molecule has 0 spiro atoms. The number of hydrogen-bond donors (Lipinski definition) is 1. The van der Waals surface area contributed by atoms with Crippen molar-refractivity contribution < 1.29 is 18.3 Å². The molecule has 5 rings (SSSR count). The molecule has 0 bridgehead atoms. The number of anilines is 2. The van der Waals surface area contributed by atoms with E-state index in [0.29, 0.717) is 68.0 Å². The predicted molar refractivity (Wildman–Crippen MR) is 110 cm³/mol. The molecule has 1 aromatic carbocycles. The Morgan fingerprint density at radius 2 is 1.90 bits per heavy atom.